The monoisotopic (exact) mass is 498 g/mol. The maximum Gasteiger partial charge on any atom is 0.300 e. The second-order valence-electron chi connectivity index (χ2n) is 9.35. The van der Waals surface area contributed by atoms with Gasteiger partial charge in [-0.1, -0.05) is 24.3 Å². The van der Waals surface area contributed by atoms with Gasteiger partial charge in [-0.3, -0.25) is 14.5 Å². The highest BCUT2D eigenvalue weighted by Crippen LogP contribution is 2.44. The topological polar surface area (TPSA) is 70.1 Å². The molecule has 1 fully saturated rings. The first-order valence-corrected chi connectivity index (χ1v) is 12.6. The second kappa shape index (κ2) is 10.5. The van der Waals surface area contributed by atoms with Crippen LogP contribution in [0.15, 0.2) is 66.2 Å². The van der Waals surface area contributed by atoms with E-state index in [0.717, 1.165) is 41.0 Å². The first-order chi connectivity index (χ1) is 17.7. The van der Waals surface area contributed by atoms with Gasteiger partial charge in [-0.15, -0.1) is 0 Å². The normalized spacial score (nSPS) is 16.8. The van der Waals surface area contributed by atoms with E-state index in [4.69, 9.17) is 4.74 Å². The van der Waals surface area contributed by atoms with Crippen LogP contribution in [0.4, 0.5) is 11.4 Å². The number of carbonyl (C=O) groups excluding carboxylic acids is 2. The Labute approximate surface area is 218 Å². The van der Waals surface area contributed by atoms with Gasteiger partial charge in [-0.05, 0) is 93.3 Å². The van der Waals surface area contributed by atoms with Gasteiger partial charge in [0.25, 0.3) is 11.7 Å². The smallest absolute Gasteiger partial charge is 0.300 e. The number of aryl methyl sites for hydroxylation is 3. The standard InChI is InChI=1S/C31H34N2O4/c1-7-32(8-2)22-13-15-23(16-14-22)33-28(24-12-10-9-11-19(24)3)27(30(35)31(33)36)29(34)25-17-21(5)26(37-6)18-20(25)4/h9-18,28,34H,7-8H2,1-6H3/b29-27+. The molecule has 3 aromatic carbocycles. The Balaban J connectivity index is 1.92. The van der Waals surface area contributed by atoms with Crippen molar-refractivity contribution in [3.63, 3.8) is 0 Å². The second-order valence-corrected chi connectivity index (χ2v) is 9.35. The first-order valence-electron chi connectivity index (χ1n) is 12.6. The molecule has 0 radical (unpaired) electrons. The molecule has 1 amide bonds. The average Bonchev–Trinajstić information content (AvgIpc) is 3.16. The molecule has 1 N–H and O–H groups in total. The minimum Gasteiger partial charge on any atom is -0.507 e. The van der Waals surface area contributed by atoms with Gasteiger partial charge in [-0.25, -0.2) is 0 Å². The quantitative estimate of drug-likeness (QED) is 0.242. The molecular weight excluding hydrogens is 464 g/mol. The van der Waals surface area contributed by atoms with E-state index in [0.29, 0.717) is 17.0 Å². The van der Waals surface area contributed by atoms with E-state index in [9.17, 15) is 14.7 Å². The fourth-order valence-electron chi connectivity index (χ4n) is 5.11. The van der Waals surface area contributed by atoms with Gasteiger partial charge in [-0.2, -0.15) is 0 Å². The number of anilines is 2. The van der Waals surface area contributed by atoms with Crippen LogP contribution in [0, 0.1) is 20.8 Å². The van der Waals surface area contributed by atoms with E-state index >= 15 is 0 Å². The van der Waals surface area contributed by atoms with Crippen molar-refractivity contribution in [3.05, 3.63) is 94.1 Å². The summed E-state index contributed by atoms with van der Waals surface area (Å²) in [5.74, 6) is -0.852. The summed E-state index contributed by atoms with van der Waals surface area (Å²) in [7, 11) is 1.59. The number of methoxy groups -OCH3 is 1. The Hall–Kier alpha value is -4.06. The number of aliphatic hydroxyl groups excluding tert-OH is 1. The predicted molar refractivity (Wildman–Crippen MR) is 148 cm³/mol. The number of benzene rings is 3. The lowest BCUT2D eigenvalue weighted by Gasteiger charge is -2.28. The fraction of sp³-hybridized carbons (Fsp3) is 0.290. The summed E-state index contributed by atoms with van der Waals surface area (Å²) in [6, 6.07) is 18.2. The number of ketones is 1. The molecule has 192 valence electrons. The highest BCUT2D eigenvalue weighted by Gasteiger charge is 2.47. The zero-order chi connectivity index (χ0) is 26.9. The summed E-state index contributed by atoms with van der Waals surface area (Å²) in [6.07, 6.45) is 0. The molecule has 1 aliphatic rings. The molecule has 3 aromatic rings. The van der Waals surface area contributed by atoms with Crippen molar-refractivity contribution in [2.24, 2.45) is 0 Å². The van der Waals surface area contributed by atoms with E-state index in [1.165, 1.54) is 4.90 Å². The molecule has 1 atom stereocenters. The van der Waals surface area contributed by atoms with E-state index in [-0.39, 0.29) is 11.3 Å². The van der Waals surface area contributed by atoms with Gasteiger partial charge in [0.05, 0.1) is 18.7 Å². The number of rotatable bonds is 7. The largest absolute Gasteiger partial charge is 0.507 e. The summed E-state index contributed by atoms with van der Waals surface area (Å²) in [5.41, 5.74) is 5.52. The number of hydrogen-bond acceptors (Lipinski definition) is 5. The molecule has 1 aliphatic heterocycles. The van der Waals surface area contributed by atoms with Crippen LogP contribution >= 0.6 is 0 Å². The van der Waals surface area contributed by atoms with Crippen molar-refractivity contribution in [1.29, 1.82) is 0 Å². The maximum absolute atomic E-state index is 13.5. The van der Waals surface area contributed by atoms with Crippen molar-refractivity contribution >= 4 is 28.8 Å². The van der Waals surface area contributed by atoms with Crippen LogP contribution < -0.4 is 14.5 Å². The van der Waals surface area contributed by atoms with Crippen molar-refractivity contribution in [1.82, 2.24) is 0 Å². The van der Waals surface area contributed by atoms with Crippen LogP contribution in [0.25, 0.3) is 5.76 Å². The van der Waals surface area contributed by atoms with Crippen molar-refractivity contribution < 1.29 is 19.4 Å². The molecule has 6 nitrogen and oxygen atoms in total. The van der Waals surface area contributed by atoms with Crippen LogP contribution in [-0.4, -0.2) is 37.0 Å². The van der Waals surface area contributed by atoms with Gasteiger partial charge in [0, 0.05) is 30.0 Å². The number of ether oxygens (including phenoxy) is 1. The lowest BCUT2D eigenvalue weighted by molar-refractivity contribution is -0.132. The Kier molecular flexibility index (Phi) is 7.39. The Morgan fingerprint density at radius 2 is 1.57 bits per heavy atom. The zero-order valence-corrected chi connectivity index (χ0v) is 22.3. The zero-order valence-electron chi connectivity index (χ0n) is 22.3. The number of aliphatic hydroxyl groups is 1. The molecule has 0 aliphatic carbocycles. The van der Waals surface area contributed by atoms with Crippen LogP contribution in [0.5, 0.6) is 5.75 Å². The number of nitrogens with zero attached hydrogens (tertiary/aromatic N) is 2. The van der Waals surface area contributed by atoms with Crippen LogP contribution in [0.2, 0.25) is 0 Å². The molecule has 1 unspecified atom stereocenters. The number of hydrogen-bond donors (Lipinski definition) is 1. The number of amides is 1. The predicted octanol–water partition coefficient (Wildman–Crippen LogP) is 6.09. The van der Waals surface area contributed by atoms with Crippen molar-refractivity contribution in [3.8, 4) is 5.75 Å². The molecule has 0 bridgehead atoms. The summed E-state index contributed by atoms with van der Waals surface area (Å²) in [5, 5.41) is 11.6. The van der Waals surface area contributed by atoms with Crippen molar-refractivity contribution in [2.75, 3.05) is 30.0 Å². The molecule has 0 aromatic heterocycles. The summed E-state index contributed by atoms with van der Waals surface area (Å²) < 4.78 is 5.42. The third-order valence-electron chi connectivity index (χ3n) is 7.18. The maximum atomic E-state index is 13.5. The molecular formula is C31H34N2O4. The third-order valence-corrected chi connectivity index (χ3v) is 7.18. The number of Topliss-reactive ketones (excluding diaryl/α,β-unsaturated/α-hetero) is 1. The highest BCUT2D eigenvalue weighted by atomic mass is 16.5. The average molecular weight is 499 g/mol. The van der Waals surface area contributed by atoms with Gasteiger partial charge in [0.15, 0.2) is 0 Å². The van der Waals surface area contributed by atoms with Crippen LogP contribution in [-0.2, 0) is 9.59 Å². The van der Waals surface area contributed by atoms with E-state index < -0.39 is 17.7 Å². The molecule has 1 saturated heterocycles. The SMILES string of the molecule is CCN(CC)c1ccc(N2C(=O)C(=O)/C(=C(/O)c3cc(C)c(OC)cc3C)C2c2ccccc2C)cc1. The van der Waals surface area contributed by atoms with E-state index in [2.05, 4.69) is 18.7 Å². The minimum absolute atomic E-state index is 0.0831. The molecule has 1 heterocycles. The van der Waals surface area contributed by atoms with Gasteiger partial charge in [0.1, 0.15) is 11.5 Å². The third kappa shape index (κ3) is 4.59. The molecule has 37 heavy (non-hydrogen) atoms. The van der Waals surface area contributed by atoms with E-state index in [1.54, 1.807) is 13.2 Å². The molecule has 0 spiro atoms. The summed E-state index contributed by atoms with van der Waals surface area (Å²) in [4.78, 5) is 30.8. The molecule has 4 rings (SSSR count). The fourth-order valence-corrected chi connectivity index (χ4v) is 5.11. The Morgan fingerprint density at radius 1 is 0.919 bits per heavy atom. The highest BCUT2D eigenvalue weighted by molar-refractivity contribution is 6.51. The van der Waals surface area contributed by atoms with Crippen molar-refractivity contribution in [2.45, 2.75) is 40.7 Å². The van der Waals surface area contributed by atoms with Crippen LogP contribution in [0.1, 0.15) is 47.7 Å². The summed E-state index contributed by atoms with van der Waals surface area (Å²) >= 11 is 0. The van der Waals surface area contributed by atoms with Gasteiger partial charge < -0.3 is 14.7 Å². The Morgan fingerprint density at radius 3 is 2.16 bits per heavy atom. The minimum atomic E-state index is -0.762. The first kappa shape index (κ1) is 26.0. The van der Waals surface area contributed by atoms with Crippen LogP contribution in [0.3, 0.4) is 0 Å². The molecule has 0 saturated carbocycles. The van der Waals surface area contributed by atoms with Gasteiger partial charge in [0.2, 0.25) is 0 Å². The van der Waals surface area contributed by atoms with E-state index in [1.807, 2.05) is 75.4 Å². The number of carbonyl (C=O) groups is 2. The Bertz CT molecular complexity index is 1370. The lowest BCUT2D eigenvalue weighted by atomic mass is 9.91. The van der Waals surface area contributed by atoms with Gasteiger partial charge >= 0.3 is 0 Å². The summed E-state index contributed by atoms with van der Waals surface area (Å²) in [6.45, 7) is 11.6. The molecule has 6 heteroatoms. The lowest BCUT2D eigenvalue weighted by Crippen LogP contribution is -2.30.